The first-order valence-corrected chi connectivity index (χ1v) is 9.05. The van der Waals surface area contributed by atoms with E-state index in [4.69, 9.17) is 9.47 Å². The summed E-state index contributed by atoms with van der Waals surface area (Å²) in [5, 5.41) is 2.64. The number of hydrogen-bond donors (Lipinski definition) is 1. The highest BCUT2D eigenvalue weighted by Crippen LogP contribution is 2.23. The zero-order valence-electron chi connectivity index (χ0n) is 15.6. The van der Waals surface area contributed by atoms with E-state index in [0.29, 0.717) is 43.1 Å². The van der Waals surface area contributed by atoms with Crippen LogP contribution in [0.2, 0.25) is 0 Å². The Balaban J connectivity index is 1.77. The molecule has 0 aromatic heterocycles. The Bertz CT molecular complexity index is 830. The highest BCUT2D eigenvalue weighted by atomic mass is 16.5. The number of nitrogens with zero attached hydrogens (tertiary/aromatic N) is 1. The predicted octanol–water partition coefficient (Wildman–Crippen LogP) is 2.40. The largest absolute Gasteiger partial charge is 0.444 e. The number of carbonyl (C=O) groups excluding carboxylic acids is 3. The summed E-state index contributed by atoms with van der Waals surface area (Å²) in [6, 6.07) is 15.3. The van der Waals surface area contributed by atoms with E-state index in [-0.39, 0.29) is 11.8 Å². The minimum absolute atomic E-state index is 0.199. The second kappa shape index (κ2) is 9.14. The van der Waals surface area contributed by atoms with E-state index >= 15 is 0 Å². The van der Waals surface area contributed by atoms with Crippen LogP contribution in [0.25, 0.3) is 0 Å². The van der Waals surface area contributed by atoms with Gasteiger partial charge in [-0.05, 0) is 24.3 Å². The lowest BCUT2D eigenvalue weighted by molar-refractivity contribution is -0.145. The molecule has 2 aromatic rings. The Morgan fingerprint density at radius 2 is 1.64 bits per heavy atom. The smallest absolute Gasteiger partial charge is 0.339 e. The van der Waals surface area contributed by atoms with Crippen LogP contribution in [0.1, 0.15) is 28.9 Å². The van der Waals surface area contributed by atoms with Crippen molar-refractivity contribution < 1.29 is 23.9 Å². The van der Waals surface area contributed by atoms with Crippen LogP contribution in [0.15, 0.2) is 54.6 Å². The van der Waals surface area contributed by atoms with Gasteiger partial charge < -0.3 is 19.7 Å². The van der Waals surface area contributed by atoms with Gasteiger partial charge in [-0.25, -0.2) is 4.79 Å². The molecule has 0 spiro atoms. The normalized spacial score (nSPS) is 14.8. The van der Waals surface area contributed by atoms with Gasteiger partial charge in [0, 0.05) is 31.3 Å². The van der Waals surface area contributed by atoms with Crippen molar-refractivity contribution in [3.05, 3.63) is 65.7 Å². The van der Waals surface area contributed by atoms with Gasteiger partial charge in [0.1, 0.15) is 0 Å². The molecule has 1 N–H and O–H groups in total. The summed E-state index contributed by atoms with van der Waals surface area (Å²) < 4.78 is 10.9. The Morgan fingerprint density at radius 1 is 1.00 bits per heavy atom. The average molecular weight is 382 g/mol. The zero-order chi connectivity index (χ0) is 19.9. The van der Waals surface area contributed by atoms with Gasteiger partial charge in [-0.3, -0.25) is 9.59 Å². The summed E-state index contributed by atoms with van der Waals surface area (Å²) in [5.74, 6) is -1.07. The van der Waals surface area contributed by atoms with Crippen molar-refractivity contribution in [2.75, 3.05) is 31.6 Å². The van der Waals surface area contributed by atoms with E-state index in [0.717, 1.165) is 0 Å². The van der Waals surface area contributed by atoms with Crippen molar-refractivity contribution >= 4 is 23.5 Å². The first kappa shape index (κ1) is 19.6. The molecule has 0 radical (unpaired) electrons. The molecule has 1 fully saturated rings. The van der Waals surface area contributed by atoms with Gasteiger partial charge in [-0.1, -0.05) is 30.3 Å². The van der Waals surface area contributed by atoms with E-state index in [9.17, 15) is 14.4 Å². The molecule has 0 bridgehead atoms. The topological polar surface area (TPSA) is 84.9 Å². The number of benzene rings is 2. The maximum atomic E-state index is 13.0. The summed E-state index contributed by atoms with van der Waals surface area (Å²) in [5.41, 5.74) is 1.49. The Hall–Kier alpha value is -3.19. The van der Waals surface area contributed by atoms with Gasteiger partial charge in [0.2, 0.25) is 12.0 Å². The minimum atomic E-state index is -1.03. The third-order valence-electron chi connectivity index (χ3n) is 4.32. The molecule has 146 valence electrons. The fourth-order valence-corrected chi connectivity index (χ4v) is 2.91. The molecule has 0 aliphatic carbocycles. The molecule has 7 nitrogen and oxygen atoms in total. The molecular weight excluding hydrogens is 360 g/mol. The second-order valence-electron chi connectivity index (χ2n) is 6.39. The Kier molecular flexibility index (Phi) is 6.39. The van der Waals surface area contributed by atoms with Crippen molar-refractivity contribution in [2.45, 2.75) is 13.0 Å². The summed E-state index contributed by atoms with van der Waals surface area (Å²) >= 11 is 0. The molecule has 1 aliphatic heterocycles. The Labute approximate surface area is 163 Å². The van der Waals surface area contributed by atoms with Crippen LogP contribution in [0.3, 0.4) is 0 Å². The first-order chi connectivity index (χ1) is 13.5. The van der Waals surface area contributed by atoms with Crippen molar-refractivity contribution in [1.29, 1.82) is 0 Å². The molecule has 0 saturated carbocycles. The van der Waals surface area contributed by atoms with Gasteiger partial charge in [0.15, 0.2) is 0 Å². The summed E-state index contributed by atoms with van der Waals surface area (Å²) in [7, 11) is 0. The van der Waals surface area contributed by atoms with E-state index in [1.165, 1.54) is 6.92 Å². The minimum Gasteiger partial charge on any atom is -0.444 e. The molecule has 1 heterocycles. The first-order valence-electron chi connectivity index (χ1n) is 9.05. The van der Waals surface area contributed by atoms with E-state index in [1.54, 1.807) is 53.4 Å². The van der Waals surface area contributed by atoms with Gasteiger partial charge in [0.25, 0.3) is 5.91 Å². The molecule has 1 atom stereocenters. The third kappa shape index (κ3) is 4.95. The maximum Gasteiger partial charge on any atom is 0.339 e. The molecular formula is C21H22N2O5. The Morgan fingerprint density at radius 3 is 2.25 bits per heavy atom. The van der Waals surface area contributed by atoms with Crippen molar-refractivity contribution in [3.63, 3.8) is 0 Å². The number of anilines is 1. The van der Waals surface area contributed by atoms with Crippen molar-refractivity contribution in [3.8, 4) is 0 Å². The second-order valence-corrected chi connectivity index (χ2v) is 6.39. The van der Waals surface area contributed by atoms with E-state index < -0.39 is 12.1 Å². The predicted molar refractivity (Wildman–Crippen MR) is 103 cm³/mol. The highest BCUT2D eigenvalue weighted by Gasteiger charge is 2.30. The van der Waals surface area contributed by atoms with Gasteiger partial charge in [0.05, 0.1) is 18.8 Å². The monoisotopic (exact) mass is 382 g/mol. The molecule has 2 aromatic carbocycles. The molecule has 3 rings (SSSR count). The van der Waals surface area contributed by atoms with Crippen LogP contribution < -0.4 is 5.32 Å². The maximum absolute atomic E-state index is 13.0. The number of morpholine rings is 1. The SMILES string of the molecule is CC(=O)Nc1ccc(C(=O)O[C@H](C(=O)N2CCOCC2)c2ccccc2)cc1. The van der Waals surface area contributed by atoms with Crippen molar-refractivity contribution in [1.82, 2.24) is 4.90 Å². The highest BCUT2D eigenvalue weighted by molar-refractivity contribution is 5.94. The standard InChI is InChI=1S/C21H22N2O5/c1-15(24)22-18-9-7-17(8-10-18)21(26)28-19(16-5-3-2-4-6-16)20(25)23-11-13-27-14-12-23/h2-10,19H,11-14H2,1H3,(H,22,24)/t19-/m0/s1. The van der Waals surface area contributed by atoms with Gasteiger partial charge in [-0.15, -0.1) is 0 Å². The molecule has 0 unspecified atom stereocenters. The number of rotatable bonds is 5. The zero-order valence-corrected chi connectivity index (χ0v) is 15.6. The number of ether oxygens (including phenoxy) is 2. The fraction of sp³-hybridized carbons (Fsp3) is 0.286. The molecule has 1 saturated heterocycles. The third-order valence-corrected chi connectivity index (χ3v) is 4.32. The molecule has 1 aliphatic rings. The quantitative estimate of drug-likeness (QED) is 0.803. The van der Waals surface area contributed by atoms with Crippen LogP contribution in [-0.4, -0.2) is 49.0 Å². The summed E-state index contributed by atoms with van der Waals surface area (Å²) in [6.07, 6.45) is -1.03. The number of hydrogen-bond acceptors (Lipinski definition) is 5. The lowest BCUT2D eigenvalue weighted by Gasteiger charge is -2.30. The average Bonchev–Trinajstić information content (AvgIpc) is 2.73. The van der Waals surface area contributed by atoms with Crippen LogP contribution in [0, 0.1) is 0 Å². The fourth-order valence-electron chi connectivity index (χ4n) is 2.91. The van der Waals surface area contributed by atoms with Gasteiger partial charge in [-0.2, -0.15) is 0 Å². The van der Waals surface area contributed by atoms with Crippen LogP contribution in [-0.2, 0) is 19.1 Å². The molecule has 2 amide bonds. The number of carbonyl (C=O) groups is 3. The van der Waals surface area contributed by atoms with Crippen molar-refractivity contribution in [2.24, 2.45) is 0 Å². The summed E-state index contributed by atoms with van der Waals surface area (Å²) in [6.45, 7) is 3.26. The van der Waals surface area contributed by atoms with Crippen LogP contribution >= 0.6 is 0 Å². The molecule has 28 heavy (non-hydrogen) atoms. The van der Waals surface area contributed by atoms with E-state index in [1.807, 2.05) is 6.07 Å². The number of amides is 2. The van der Waals surface area contributed by atoms with Crippen LogP contribution in [0.5, 0.6) is 0 Å². The lowest BCUT2D eigenvalue weighted by atomic mass is 10.1. The van der Waals surface area contributed by atoms with Crippen LogP contribution in [0.4, 0.5) is 5.69 Å². The summed E-state index contributed by atoms with van der Waals surface area (Å²) in [4.78, 5) is 38.4. The van der Waals surface area contributed by atoms with Gasteiger partial charge >= 0.3 is 5.97 Å². The molecule has 7 heteroatoms. The van der Waals surface area contributed by atoms with E-state index in [2.05, 4.69) is 5.32 Å². The number of esters is 1. The number of nitrogens with one attached hydrogen (secondary N) is 1. The lowest BCUT2D eigenvalue weighted by Crippen LogP contribution is -2.44.